The van der Waals surface area contributed by atoms with Crippen LogP contribution in [0.25, 0.3) is 0 Å². The van der Waals surface area contributed by atoms with Crippen LogP contribution in [0.1, 0.15) is 30.0 Å². The maximum atomic E-state index is 13.1. The normalized spacial score (nSPS) is 19.9. The number of nitriles is 1. The molecule has 1 atom stereocenters. The number of nitrogens with zero attached hydrogens (tertiary/aromatic N) is 4. The molecule has 2 aromatic rings. The SMILES string of the molecule is CC1(c2ccc(C#N)cc2)NC(=O)N(CC(=O)N2CCCc3cc([N+](=O)[O-])ccc32)C1=O. The van der Waals surface area contributed by atoms with Crippen molar-refractivity contribution in [2.75, 3.05) is 18.0 Å². The first kappa shape index (κ1) is 21.0. The van der Waals surface area contributed by atoms with Gasteiger partial charge in [0.2, 0.25) is 5.91 Å². The number of nitro groups is 1. The number of nitro benzene ring substituents is 1. The second-order valence-corrected chi connectivity index (χ2v) is 7.85. The maximum Gasteiger partial charge on any atom is 0.325 e. The summed E-state index contributed by atoms with van der Waals surface area (Å²) in [5, 5.41) is 22.6. The molecule has 2 aliphatic rings. The molecular weight excluding hydrogens is 414 g/mol. The number of hydrogen-bond donors (Lipinski definition) is 1. The molecular formula is C22H19N5O5. The first-order valence-electron chi connectivity index (χ1n) is 9.97. The molecule has 4 rings (SSSR count). The van der Waals surface area contributed by atoms with E-state index in [9.17, 15) is 24.5 Å². The molecule has 0 radical (unpaired) electrons. The van der Waals surface area contributed by atoms with Crippen LogP contribution < -0.4 is 10.2 Å². The number of nitrogens with one attached hydrogen (secondary N) is 1. The third kappa shape index (κ3) is 3.43. The van der Waals surface area contributed by atoms with Crippen LogP contribution in [0, 0.1) is 21.4 Å². The minimum atomic E-state index is -1.36. The highest BCUT2D eigenvalue weighted by Gasteiger charge is 2.49. The summed E-state index contributed by atoms with van der Waals surface area (Å²) in [5.41, 5.74) is 0.745. The van der Waals surface area contributed by atoms with Crippen molar-refractivity contribution in [2.24, 2.45) is 0 Å². The fourth-order valence-electron chi connectivity index (χ4n) is 4.09. The molecule has 1 unspecified atom stereocenters. The van der Waals surface area contributed by atoms with Gasteiger partial charge in [0.1, 0.15) is 12.1 Å². The fraction of sp³-hybridized carbons (Fsp3) is 0.273. The van der Waals surface area contributed by atoms with Crippen LogP contribution in [0.2, 0.25) is 0 Å². The lowest BCUT2D eigenvalue weighted by molar-refractivity contribution is -0.384. The molecule has 4 amide bonds. The first-order chi connectivity index (χ1) is 15.2. The van der Waals surface area contributed by atoms with Gasteiger partial charge in [-0.2, -0.15) is 5.26 Å². The van der Waals surface area contributed by atoms with Crippen LogP contribution in [-0.4, -0.2) is 40.8 Å². The number of carbonyl (C=O) groups is 3. The molecule has 1 N–H and O–H groups in total. The van der Waals surface area contributed by atoms with E-state index < -0.39 is 34.9 Å². The molecule has 2 aromatic carbocycles. The smallest absolute Gasteiger partial charge is 0.319 e. The average Bonchev–Trinajstić information content (AvgIpc) is 3.02. The minimum Gasteiger partial charge on any atom is -0.319 e. The summed E-state index contributed by atoms with van der Waals surface area (Å²) in [6.45, 7) is 1.49. The summed E-state index contributed by atoms with van der Waals surface area (Å²) in [6, 6.07) is 11.9. The van der Waals surface area contributed by atoms with Crippen molar-refractivity contribution in [3.63, 3.8) is 0 Å². The van der Waals surface area contributed by atoms with Crippen LogP contribution in [0.3, 0.4) is 0 Å². The number of non-ortho nitro benzene ring substituents is 1. The third-order valence-electron chi connectivity index (χ3n) is 5.85. The zero-order valence-corrected chi connectivity index (χ0v) is 17.2. The van der Waals surface area contributed by atoms with Gasteiger partial charge in [0.15, 0.2) is 0 Å². The largest absolute Gasteiger partial charge is 0.325 e. The lowest BCUT2D eigenvalue weighted by Crippen LogP contribution is -2.46. The van der Waals surface area contributed by atoms with E-state index in [4.69, 9.17) is 5.26 Å². The van der Waals surface area contributed by atoms with Gasteiger partial charge < -0.3 is 10.2 Å². The number of anilines is 1. The Labute approximate surface area is 183 Å². The quantitative estimate of drug-likeness (QED) is 0.446. The number of urea groups is 1. The highest BCUT2D eigenvalue weighted by molar-refractivity contribution is 6.10. The van der Waals surface area contributed by atoms with Crippen LogP contribution in [0.15, 0.2) is 42.5 Å². The standard InChI is InChI=1S/C22H19N5O5/c1-22(16-6-4-14(12-23)5-7-16)20(29)26(21(30)24-22)13-19(28)25-10-2-3-15-11-17(27(31)32)8-9-18(15)25/h4-9,11H,2-3,10,13H2,1H3,(H,24,30). The zero-order chi connectivity index (χ0) is 23.0. The molecule has 2 aliphatic heterocycles. The van der Waals surface area contributed by atoms with Crippen LogP contribution in [-0.2, 0) is 21.5 Å². The van der Waals surface area contributed by atoms with E-state index in [1.54, 1.807) is 31.2 Å². The zero-order valence-electron chi connectivity index (χ0n) is 17.2. The van der Waals surface area contributed by atoms with E-state index in [1.165, 1.54) is 23.1 Å². The Morgan fingerprint density at radius 3 is 2.62 bits per heavy atom. The number of rotatable bonds is 4. The van der Waals surface area contributed by atoms with Gasteiger partial charge in [-0.15, -0.1) is 0 Å². The Hall–Kier alpha value is -4.26. The van der Waals surface area contributed by atoms with E-state index in [-0.39, 0.29) is 5.69 Å². The molecule has 10 heteroatoms. The van der Waals surface area contributed by atoms with E-state index in [0.717, 1.165) is 4.90 Å². The van der Waals surface area contributed by atoms with Gasteiger partial charge in [-0.05, 0) is 49.1 Å². The average molecular weight is 433 g/mol. The molecule has 0 aromatic heterocycles. The Morgan fingerprint density at radius 2 is 1.97 bits per heavy atom. The van der Waals surface area contributed by atoms with Crippen molar-refractivity contribution < 1.29 is 19.3 Å². The Bertz CT molecular complexity index is 1190. The number of fused-ring (bicyclic) bond motifs is 1. The Morgan fingerprint density at radius 1 is 1.25 bits per heavy atom. The highest BCUT2D eigenvalue weighted by atomic mass is 16.6. The van der Waals surface area contributed by atoms with Crippen molar-refractivity contribution in [3.05, 3.63) is 69.3 Å². The van der Waals surface area contributed by atoms with E-state index in [1.807, 2.05) is 6.07 Å². The molecule has 0 bridgehead atoms. The predicted octanol–water partition coefficient (Wildman–Crippen LogP) is 2.21. The monoisotopic (exact) mass is 433 g/mol. The number of hydrogen-bond acceptors (Lipinski definition) is 6. The van der Waals surface area contributed by atoms with Crippen molar-refractivity contribution >= 4 is 29.2 Å². The molecule has 32 heavy (non-hydrogen) atoms. The van der Waals surface area contributed by atoms with Crippen LogP contribution in [0.4, 0.5) is 16.2 Å². The van der Waals surface area contributed by atoms with Gasteiger partial charge >= 0.3 is 6.03 Å². The van der Waals surface area contributed by atoms with Crippen molar-refractivity contribution in [2.45, 2.75) is 25.3 Å². The number of amides is 4. The summed E-state index contributed by atoms with van der Waals surface area (Å²) in [7, 11) is 0. The fourth-order valence-corrected chi connectivity index (χ4v) is 4.09. The van der Waals surface area contributed by atoms with Gasteiger partial charge in [0.05, 0.1) is 16.6 Å². The molecule has 0 saturated carbocycles. The van der Waals surface area contributed by atoms with Gasteiger partial charge in [0, 0.05) is 24.4 Å². The van der Waals surface area contributed by atoms with E-state index in [0.29, 0.717) is 41.8 Å². The lowest BCUT2D eigenvalue weighted by atomic mass is 9.91. The molecule has 2 heterocycles. The number of carbonyl (C=O) groups excluding carboxylic acids is 3. The van der Waals surface area contributed by atoms with E-state index >= 15 is 0 Å². The number of imide groups is 1. The minimum absolute atomic E-state index is 0.0506. The lowest BCUT2D eigenvalue weighted by Gasteiger charge is -2.30. The molecule has 0 spiro atoms. The second kappa shape index (κ2) is 7.77. The molecule has 162 valence electrons. The maximum absolute atomic E-state index is 13.1. The number of benzene rings is 2. The topological polar surface area (TPSA) is 137 Å². The van der Waals surface area contributed by atoms with Crippen molar-refractivity contribution in [1.82, 2.24) is 10.2 Å². The summed E-state index contributed by atoms with van der Waals surface area (Å²) in [4.78, 5) is 51.6. The Balaban J connectivity index is 1.55. The van der Waals surface area contributed by atoms with Gasteiger partial charge in [-0.3, -0.25) is 24.6 Å². The van der Waals surface area contributed by atoms with E-state index in [2.05, 4.69) is 5.32 Å². The summed E-state index contributed by atoms with van der Waals surface area (Å²) >= 11 is 0. The van der Waals surface area contributed by atoms with Gasteiger partial charge in [0.25, 0.3) is 11.6 Å². The third-order valence-corrected chi connectivity index (χ3v) is 5.85. The van der Waals surface area contributed by atoms with Gasteiger partial charge in [-0.25, -0.2) is 4.79 Å². The first-order valence-corrected chi connectivity index (χ1v) is 9.97. The summed E-state index contributed by atoms with van der Waals surface area (Å²) in [6.07, 6.45) is 1.21. The molecule has 0 aliphatic carbocycles. The predicted molar refractivity (Wildman–Crippen MR) is 113 cm³/mol. The summed E-state index contributed by atoms with van der Waals surface area (Å²) < 4.78 is 0. The Kier molecular flexibility index (Phi) is 5.10. The second-order valence-electron chi connectivity index (χ2n) is 7.85. The molecule has 10 nitrogen and oxygen atoms in total. The van der Waals surface area contributed by atoms with Crippen molar-refractivity contribution in [3.8, 4) is 6.07 Å². The van der Waals surface area contributed by atoms with Crippen LogP contribution in [0.5, 0.6) is 0 Å². The summed E-state index contributed by atoms with van der Waals surface area (Å²) in [5.74, 6) is -1.02. The van der Waals surface area contributed by atoms with Crippen molar-refractivity contribution in [1.29, 1.82) is 5.26 Å². The molecule has 1 saturated heterocycles. The molecule has 1 fully saturated rings. The number of aryl methyl sites for hydroxylation is 1. The van der Waals surface area contributed by atoms with Crippen LogP contribution >= 0.6 is 0 Å². The van der Waals surface area contributed by atoms with Gasteiger partial charge in [-0.1, -0.05) is 12.1 Å². The highest BCUT2D eigenvalue weighted by Crippen LogP contribution is 2.32.